The van der Waals surface area contributed by atoms with Gasteiger partial charge in [0, 0.05) is 11.6 Å². The molecule has 2 rings (SSSR count). The van der Waals surface area contributed by atoms with Gasteiger partial charge in [-0.25, -0.2) is 4.79 Å². The number of benzene rings is 1. The largest absolute Gasteiger partial charge is 0.444 e. The molecule has 0 spiro atoms. The lowest BCUT2D eigenvalue weighted by molar-refractivity contribution is 0.00462. The van der Waals surface area contributed by atoms with Crippen molar-refractivity contribution in [3.8, 4) is 0 Å². The molecule has 1 aromatic rings. The predicted molar refractivity (Wildman–Crippen MR) is 77.8 cm³/mol. The van der Waals surface area contributed by atoms with Gasteiger partial charge in [-0.2, -0.15) is 0 Å². The molecule has 1 amide bonds. The molecule has 1 aliphatic heterocycles. The van der Waals surface area contributed by atoms with Crippen LogP contribution in [0.3, 0.4) is 0 Å². The van der Waals surface area contributed by atoms with Gasteiger partial charge in [-0.05, 0) is 50.5 Å². The zero-order chi connectivity index (χ0) is 14.9. The Kier molecular flexibility index (Phi) is 4.25. The molecule has 110 valence electrons. The van der Waals surface area contributed by atoms with Crippen LogP contribution in [-0.2, 0) is 17.7 Å². The summed E-state index contributed by atoms with van der Waals surface area (Å²) in [6.07, 6.45) is 0.213. The molecule has 20 heavy (non-hydrogen) atoms. The standard InChI is InChI=1S/C15H20ClNO3/c1-15(2,3)20-14(19)17-8-11-6-12(16)5-4-10(11)7-13(17)9-18/h4-6,13,18H,7-9H2,1-3H3. The Morgan fingerprint density at radius 2 is 2.15 bits per heavy atom. The topological polar surface area (TPSA) is 49.8 Å². The van der Waals surface area contributed by atoms with Crippen molar-refractivity contribution in [3.05, 3.63) is 34.3 Å². The van der Waals surface area contributed by atoms with Gasteiger partial charge in [-0.15, -0.1) is 0 Å². The molecule has 0 saturated heterocycles. The summed E-state index contributed by atoms with van der Waals surface area (Å²) in [6, 6.07) is 5.39. The number of aliphatic hydroxyl groups is 1. The lowest BCUT2D eigenvalue weighted by atomic mass is 9.94. The first-order valence-corrected chi connectivity index (χ1v) is 7.06. The SMILES string of the molecule is CC(C)(C)OC(=O)N1Cc2cc(Cl)ccc2CC1CO. The fraction of sp³-hybridized carbons (Fsp3) is 0.533. The van der Waals surface area contributed by atoms with Gasteiger partial charge in [0.25, 0.3) is 0 Å². The van der Waals surface area contributed by atoms with Crippen molar-refractivity contribution in [2.45, 2.75) is 45.4 Å². The molecular weight excluding hydrogens is 278 g/mol. The summed E-state index contributed by atoms with van der Waals surface area (Å²) in [6.45, 7) is 5.81. The number of halogens is 1. The summed E-state index contributed by atoms with van der Waals surface area (Å²) >= 11 is 6.00. The van der Waals surface area contributed by atoms with E-state index in [2.05, 4.69) is 0 Å². The van der Waals surface area contributed by atoms with Crippen LogP contribution in [0.5, 0.6) is 0 Å². The second-order valence-electron chi connectivity index (χ2n) is 6.06. The Morgan fingerprint density at radius 1 is 1.45 bits per heavy atom. The van der Waals surface area contributed by atoms with Crippen LogP contribution < -0.4 is 0 Å². The molecule has 0 saturated carbocycles. The summed E-state index contributed by atoms with van der Waals surface area (Å²) in [5.41, 5.74) is 1.58. The maximum Gasteiger partial charge on any atom is 0.410 e. The number of hydrogen-bond acceptors (Lipinski definition) is 3. The molecule has 0 aliphatic carbocycles. The smallest absolute Gasteiger partial charge is 0.410 e. The van der Waals surface area contributed by atoms with Crippen LogP contribution in [0, 0.1) is 0 Å². The van der Waals surface area contributed by atoms with Crippen molar-refractivity contribution in [2.75, 3.05) is 6.61 Å². The summed E-state index contributed by atoms with van der Waals surface area (Å²) in [7, 11) is 0. The van der Waals surface area contributed by atoms with Crippen molar-refractivity contribution in [1.29, 1.82) is 0 Å². The molecule has 1 aromatic carbocycles. The number of nitrogens with zero attached hydrogens (tertiary/aromatic N) is 1. The van der Waals surface area contributed by atoms with Crippen LogP contribution in [-0.4, -0.2) is 34.3 Å². The van der Waals surface area contributed by atoms with E-state index in [-0.39, 0.29) is 12.6 Å². The molecule has 5 heteroatoms. The Hall–Kier alpha value is -1.26. The highest BCUT2D eigenvalue weighted by Gasteiger charge is 2.32. The normalized spacial score (nSPS) is 18.6. The van der Waals surface area contributed by atoms with Gasteiger partial charge in [0.05, 0.1) is 12.6 Å². The number of carbonyl (C=O) groups is 1. The number of ether oxygens (including phenoxy) is 1. The van der Waals surface area contributed by atoms with Gasteiger partial charge in [0.1, 0.15) is 5.60 Å². The molecule has 0 bridgehead atoms. The van der Waals surface area contributed by atoms with E-state index in [1.165, 1.54) is 0 Å². The molecular formula is C15H20ClNO3. The minimum atomic E-state index is -0.550. The number of aliphatic hydroxyl groups excluding tert-OH is 1. The summed E-state index contributed by atoms with van der Waals surface area (Å²) in [4.78, 5) is 13.8. The maximum atomic E-state index is 12.2. The summed E-state index contributed by atoms with van der Waals surface area (Å²) in [5.74, 6) is 0. The van der Waals surface area contributed by atoms with Gasteiger partial charge >= 0.3 is 6.09 Å². The maximum absolute atomic E-state index is 12.2. The number of amides is 1. The fourth-order valence-corrected chi connectivity index (χ4v) is 2.51. The third-order valence-electron chi connectivity index (χ3n) is 3.24. The Bertz CT molecular complexity index is 510. The van der Waals surface area contributed by atoms with Crippen LogP contribution in [0.4, 0.5) is 4.79 Å². The molecule has 1 aliphatic rings. The van der Waals surface area contributed by atoms with Gasteiger partial charge in [0.15, 0.2) is 0 Å². The zero-order valence-electron chi connectivity index (χ0n) is 12.0. The molecule has 1 N–H and O–H groups in total. The van der Waals surface area contributed by atoms with Crippen molar-refractivity contribution >= 4 is 17.7 Å². The van der Waals surface area contributed by atoms with E-state index in [1.807, 2.05) is 39.0 Å². The first kappa shape index (κ1) is 15.1. The van der Waals surface area contributed by atoms with Crippen LogP contribution in [0.15, 0.2) is 18.2 Å². The molecule has 1 heterocycles. The van der Waals surface area contributed by atoms with E-state index in [9.17, 15) is 9.90 Å². The van der Waals surface area contributed by atoms with Crippen molar-refractivity contribution < 1.29 is 14.6 Å². The summed E-state index contributed by atoms with van der Waals surface area (Å²) in [5, 5.41) is 10.2. The number of hydrogen-bond donors (Lipinski definition) is 1. The molecule has 0 radical (unpaired) electrons. The van der Waals surface area contributed by atoms with Crippen molar-refractivity contribution in [3.63, 3.8) is 0 Å². The monoisotopic (exact) mass is 297 g/mol. The van der Waals surface area contributed by atoms with E-state index in [0.29, 0.717) is 18.0 Å². The Labute approximate surface area is 124 Å². The quantitative estimate of drug-likeness (QED) is 0.867. The molecule has 1 unspecified atom stereocenters. The van der Waals surface area contributed by atoms with Gasteiger partial charge < -0.3 is 9.84 Å². The minimum absolute atomic E-state index is 0.0820. The lowest BCUT2D eigenvalue weighted by Gasteiger charge is -2.37. The first-order chi connectivity index (χ1) is 9.30. The van der Waals surface area contributed by atoms with E-state index in [1.54, 1.807) is 4.90 Å². The summed E-state index contributed by atoms with van der Waals surface area (Å²) < 4.78 is 5.40. The van der Waals surface area contributed by atoms with Crippen LogP contribution in [0.1, 0.15) is 31.9 Å². The van der Waals surface area contributed by atoms with E-state index in [0.717, 1.165) is 11.1 Å². The highest BCUT2D eigenvalue weighted by atomic mass is 35.5. The number of carbonyl (C=O) groups excluding carboxylic acids is 1. The Morgan fingerprint density at radius 3 is 2.75 bits per heavy atom. The predicted octanol–water partition coefficient (Wildman–Crippen LogP) is 2.99. The van der Waals surface area contributed by atoms with Gasteiger partial charge in [0.2, 0.25) is 0 Å². The van der Waals surface area contributed by atoms with Crippen molar-refractivity contribution in [2.24, 2.45) is 0 Å². The molecule has 0 fully saturated rings. The Balaban J connectivity index is 2.23. The van der Waals surface area contributed by atoms with Gasteiger partial charge in [-0.1, -0.05) is 17.7 Å². The highest BCUT2D eigenvalue weighted by molar-refractivity contribution is 6.30. The van der Waals surface area contributed by atoms with Crippen molar-refractivity contribution in [1.82, 2.24) is 4.90 Å². The van der Waals surface area contributed by atoms with Crippen LogP contribution in [0.25, 0.3) is 0 Å². The first-order valence-electron chi connectivity index (χ1n) is 6.68. The average Bonchev–Trinajstić information content (AvgIpc) is 2.35. The van der Waals surface area contributed by atoms with Gasteiger partial charge in [-0.3, -0.25) is 4.90 Å². The second-order valence-corrected chi connectivity index (χ2v) is 6.50. The number of fused-ring (bicyclic) bond motifs is 1. The van der Waals surface area contributed by atoms with E-state index < -0.39 is 11.7 Å². The lowest BCUT2D eigenvalue weighted by Crippen LogP contribution is -2.48. The zero-order valence-corrected chi connectivity index (χ0v) is 12.8. The minimum Gasteiger partial charge on any atom is -0.444 e. The van der Waals surface area contributed by atoms with E-state index >= 15 is 0 Å². The fourth-order valence-electron chi connectivity index (χ4n) is 2.31. The van der Waals surface area contributed by atoms with Crippen LogP contribution in [0.2, 0.25) is 5.02 Å². The highest BCUT2D eigenvalue weighted by Crippen LogP contribution is 2.27. The average molecular weight is 298 g/mol. The molecule has 1 atom stereocenters. The molecule has 4 nitrogen and oxygen atoms in total. The second kappa shape index (κ2) is 5.62. The molecule has 0 aromatic heterocycles. The van der Waals surface area contributed by atoms with E-state index in [4.69, 9.17) is 16.3 Å². The third kappa shape index (κ3) is 3.44. The third-order valence-corrected chi connectivity index (χ3v) is 3.48. The van der Waals surface area contributed by atoms with Crippen LogP contribution >= 0.6 is 11.6 Å². The number of rotatable bonds is 1.